The number of pyridine rings is 2. The SMILES string of the molecule is O=C(O)C[C@H]1CC[C@H](Oc2ccc(-c3ccc(-c4nnc(-c5cccc(Cl)c5)[nH]4)cn3)cn2)CC1. The van der Waals surface area contributed by atoms with Crippen molar-refractivity contribution >= 4 is 17.6 Å². The van der Waals surface area contributed by atoms with E-state index in [-0.39, 0.29) is 18.4 Å². The Labute approximate surface area is 207 Å². The van der Waals surface area contributed by atoms with E-state index in [1.807, 2.05) is 48.5 Å². The zero-order valence-corrected chi connectivity index (χ0v) is 19.7. The Morgan fingerprint density at radius 2 is 1.69 bits per heavy atom. The second-order valence-electron chi connectivity index (χ2n) is 8.71. The van der Waals surface area contributed by atoms with Crippen molar-refractivity contribution in [3.05, 3.63) is 65.9 Å². The summed E-state index contributed by atoms with van der Waals surface area (Å²) in [6, 6.07) is 15.1. The van der Waals surface area contributed by atoms with E-state index in [1.165, 1.54) is 0 Å². The van der Waals surface area contributed by atoms with Gasteiger partial charge in [0.05, 0.1) is 5.69 Å². The number of ether oxygens (including phenoxy) is 1. The van der Waals surface area contributed by atoms with E-state index in [1.54, 1.807) is 12.4 Å². The Bertz CT molecular complexity index is 1300. The summed E-state index contributed by atoms with van der Waals surface area (Å²) in [5.74, 6) is 1.36. The monoisotopic (exact) mass is 489 g/mol. The second-order valence-corrected chi connectivity index (χ2v) is 9.14. The number of nitrogens with zero attached hydrogens (tertiary/aromatic N) is 4. The van der Waals surface area contributed by atoms with Crippen molar-refractivity contribution in [2.75, 3.05) is 0 Å². The van der Waals surface area contributed by atoms with Gasteiger partial charge in [0.25, 0.3) is 0 Å². The summed E-state index contributed by atoms with van der Waals surface area (Å²) < 4.78 is 6.02. The molecule has 4 aromatic rings. The van der Waals surface area contributed by atoms with E-state index in [2.05, 4.69) is 25.1 Å². The van der Waals surface area contributed by atoms with E-state index < -0.39 is 5.97 Å². The first-order valence-corrected chi connectivity index (χ1v) is 11.9. The zero-order chi connectivity index (χ0) is 24.2. The van der Waals surface area contributed by atoms with Gasteiger partial charge in [-0.25, -0.2) is 4.98 Å². The summed E-state index contributed by atoms with van der Waals surface area (Å²) in [6.07, 6.45) is 7.26. The quantitative estimate of drug-likeness (QED) is 0.344. The molecule has 0 unspecified atom stereocenters. The summed E-state index contributed by atoms with van der Waals surface area (Å²) in [4.78, 5) is 23.1. The smallest absolute Gasteiger partial charge is 0.303 e. The van der Waals surface area contributed by atoms with Crippen LogP contribution in [0.4, 0.5) is 0 Å². The van der Waals surface area contributed by atoms with Gasteiger partial charge in [-0.15, -0.1) is 10.2 Å². The lowest BCUT2D eigenvalue weighted by molar-refractivity contribution is -0.138. The molecule has 0 saturated heterocycles. The van der Waals surface area contributed by atoms with Gasteiger partial charge in [0.1, 0.15) is 6.10 Å². The van der Waals surface area contributed by atoms with Gasteiger partial charge in [-0.05, 0) is 61.9 Å². The number of rotatable bonds is 7. The number of aromatic nitrogens is 5. The number of nitrogens with one attached hydrogen (secondary N) is 1. The first-order chi connectivity index (χ1) is 17.0. The van der Waals surface area contributed by atoms with Crippen molar-refractivity contribution in [2.45, 2.75) is 38.2 Å². The molecule has 1 aromatic carbocycles. The minimum atomic E-state index is -0.726. The molecule has 0 bridgehead atoms. The van der Waals surface area contributed by atoms with Crippen LogP contribution in [0.25, 0.3) is 34.0 Å². The number of hydrogen-bond acceptors (Lipinski definition) is 6. The molecule has 0 atom stereocenters. The number of aromatic amines is 1. The standard InChI is InChI=1S/C26H24ClN5O3/c27-20-3-1-2-17(13-20)25-30-26(32-31-25)19-6-10-22(28-15-19)18-7-11-23(29-14-18)35-21-8-4-16(5-9-21)12-24(33)34/h1-3,6-7,10-11,13-16,21H,4-5,8-9,12H2,(H,33,34)(H,30,31,32)/t16-,21-. The average molecular weight is 490 g/mol. The fourth-order valence-electron chi connectivity index (χ4n) is 4.34. The Kier molecular flexibility index (Phi) is 6.72. The fourth-order valence-corrected chi connectivity index (χ4v) is 4.53. The maximum Gasteiger partial charge on any atom is 0.303 e. The molecule has 2 N–H and O–H groups in total. The zero-order valence-electron chi connectivity index (χ0n) is 18.9. The summed E-state index contributed by atoms with van der Waals surface area (Å²) >= 11 is 6.07. The third-order valence-corrected chi connectivity index (χ3v) is 6.43. The van der Waals surface area contributed by atoms with Gasteiger partial charge in [-0.2, -0.15) is 0 Å². The van der Waals surface area contributed by atoms with E-state index >= 15 is 0 Å². The largest absolute Gasteiger partial charge is 0.481 e. The van der Waals surface area contributed by atoms with Gasteiger partial charge in [0.2, 0.25) is 5.88 Å². The Morgan fingerprint density at radius 1 is 0.943 bits per heavy atom. The molecule has 178 valence electrons. The molecular weight excluding hydrogens is 466 g/mol. The highest BCUT2D eigenvalue weighted by Crippen LogP contribution is 2.30. The molecule has 0 aliphatic heterocycles. The molecule has 0 radical (unpaired) electrons. The van der Waals surface area contributed by atoms with Crippen molar-refractivity contribution in [3.63, 3.8) is 0 Å². The molecule has 8 nitrogen and oxygen atoms in total. The number of hydrogen-bond donors (Lipinski definition) is 2. The average Bonchev–Trinajstić information content (AvgIpc) is 3.36. The van der Waals surface area contributed by atoms with Crippen molar-refractivity contribution in [1.82, 2.24) is 25.1 Å². The van der Waals surface area contributed by atoms with E-state index in [0.717, 1.165) is 48.1 Å². The summed E-state index contributed by atoms with van der Waals surface area (Å²) in [5, 5.41) is 18.0. The molecule has 3 aromatic heterocycles. The Hall–Kier alpha value is -3.78. The van der Waals surface area contributed by atoms with Crippen molar-refractivity contribution in [3.8, 4) is 39.9 Å². The van der Waals surface area contributed by atoms with Crippen LogP contribution < -0.4 is 4.74 Å². The van der Waals surface area contributed by atoms with Gasteiger partial charge >= 0.3 is 5.97 Å². The lowest BCUT2D eigenvalue weighted by Gasteiger charge is -2.27. The lowest BCUT2D eigenvalue weighted by Crippen LogP contribution is -2.25. The first kappa shape index (κ1) is 23.0. The highest BCUT2D eigenvalue weighted by molar-refractivity contribution is 6.30. The van der Waals surface area contributed by atoms with E-state index in [9.17, 15) is 4.79 Å². The second kappa shape index (κ2) is 10.2. The van der Waals surface area contributed by atoms with Gasteiger partial charge in [-0.3, -0.25) is 9.78 Å². The lowest BCUT2D eigenvalue weighted by atomic mass is 9.85. The third-order valence-electron chi connectivity index (χ3n) is 6.20. The molecule has 5 rings (SSSR count). The molecular formula is C26H24ClN5O3. The van der Waals surface area contributed by atoms with Crippen LogP contribution in [-0.4, -0.2) is 42.3 Å². The van der Waals surface area contributed by atoms with Crippen molar-refractivity contribution in [1.29, 1.82) is 0 Å². The van der Waals surface area contributed by atoms with Crippen LogP contribution in [0.3, 0.4) is 0 Å². The van der Waals surface area contributed by atoms with Gasteiger partial charge in [0.15, 0.2) is 11.6 Å². The maximum atomic E-state index is 10.9. The molecule has 0 spiro atoms. The highest BCUT2D eigenvalue weighted by atomic mass is 35.5. The minimum absolute atomic E-state index is 0.0783. The van der Waals surface area contributed by atoms with Gasteiger partial charge in [0, 0.05) is 46.6 Å². The normalized spacial score (nSPS) is 17.7. The molecule has 9 heteroatoms. The molecule has 3 heterocycles. The van der Waals surface area contributed by atoms with Crippen LogP contribution in [-0.2, 0) is 4.79 Å². The molecule has 1 fully saturated rings. The van der Waals surface area contributed by atoms with Crippen LogP contribution in [0.2, 0.25) is 5.02 Å². The number of halogens is 1. The number of carboxylic acid groups (broad SMARTS) is 1. The topological polar surface area (TPSA) is 114 Å². The van der Waals surface area contributed by atoms with Crippen LogP contribution in [0, 0.1) is 5.92 Å². The molecule has 1 saturated carbocycles. The van der Waals surface area contributed by atoms with Crippen LogP contribution in [0.5, 0.6) is 5.88 Å². The predicted octanol–water partition coefficient (Wildman–Crippen LogP) is 5.66. The van der Waals surface area contributed by atoms with Crippen LogP contribution in [0.15, 0.2) is 60.9 Å². The van der Waals surface area contributed by atoms with Crippen LogP contribution >= 0.6 is 11.6 Å². The first-order valence-electron chi connectivity index (χ1n) is 11.5. The van der Waals surface area contributed by atoms with Crippen molar-refractivity contribution in [2.24, 2.45) is 5.92 Å². The van der Waals surface area contributed by atoms with Gasteiger partial charge < -0.3 is 14.8 Å². The number of H-pyrrole nitrogens is 1. The van der Waals surface area contributed by atoms with Crippen LogP contribution in [0.1, 0.15) is 32.1 Å². The van der Waals surface area contributed by atoms with E-state index in [0.29, 0.717) is 22.6 Å². The molecule has 0 amide bonds. The third kappa shape index (κ3) is 5.66. The predicted molar refractivity (Wildman–Crippen MR) is 132 cm³/mol. The summed E-state index contributed by atoms with van der Waals surface area (Å²) in [7, 11) is 0. The Morgan fingerprint density at radius 3 is 2.34 bits per heavy atom. The Balaban J connectivity index is 1.20. The number of aliphatic carboxylic acids is 1. The summed E-state index contributed by atoms with van der Waals surface area (Å²) in [6.45, 7) is 0. The minimum Gasteiger partial charge on any atom is -0.481 e. The van der Waals surface area contributed by atoms with Crippen molar-refractivity contribution < 1.29 is 14.6 Å². The molecule has 1 aliphatic rings. The summed E-state index contributed by atoms with van der Waals surface area (Å²) in [5.41, 5.74) is 3.35. The molecule has 35 heavy (non-hydrogen) atoms. The highest BCUT2D eigenvalue weighted by Gasteiger charge is 2.24. The van der Waals surface area contributed by atoms with E-state index in [4.69, 9.17) is 21.4 Å². The fraction of sp³-hybridized carbons (Fsp3) is 0.269. The number of benzene rings is 1. The van der Waals surface area contributed by atoms with Gasteiger partial charge in [-0.1, -0.05) is 23.7 Å². The maximum absolute atomic E-state index is 10.9. The molecule has 1 aliphatic carbocycles. The number of carbonyl (C=O) groups is 1. The number of carboxylic acids is 1.